The number of carbonyl (C=O) groups is 2. The van der Waals surface area contributed by atoms with Crippen LogP contribution in [0.5, 0.6) is 0 Å². The normalized spacial score (nSPS) is 9.85. The topological polar surface area (TPSA) is 81.4 Å². The van der Waals surface area contributed by atoms with Crippen molar-refractivity contribution in [2.75, 3.05) is 0 Å². The third-order valence-corrected chi connectivity index (χ3v) is 2.76. The van der Waals surface area contributed by atoms with Crippen LogP contribution in [0.2, 0.25) is 0 Å². The van der Waals surface area contributed by atoms with Gasteiger partial charge < -0.3 is 4.74 Å². The van der Waals surface area contributed by atoms with Gasteiger partial charge in [0, 0.05) is 11.1 Å². The van der Waals surface area contributed by atoms with Crippen molar-refractivity contribution in [1.82, 2.24) is 5.43 Å². The van der Waals surface area contributed by atoms with Gasteiger partial charge in [0.1, 0.15) is 6.61 Å². The molecule has 5 heteroatoms. The smallest absolute Gasteiger partial charge is 0.338 e. The Labute approximate surface area is 116 Å². The summed E-state index contributed by atoms with van der Waals surface area (Å²) < 4.78 is 5.19. The predicted octanol–water partition coefficient (Wildman–Crippen LogP) is 1.65. The Balaban J connectivity index is 2.08. The molecule has 0 spiro atoms. The van der Waals surface area contributed by atoms with Gasteiger partial charge in [-0.2, -0.15) is 0 Å². The average molecular weight is 270 g/mol. The van der Waals surface area contributed by atoms with E-state index in [-0.39, 0.29) is 6.61 Å². The number of ether oxygens (including phenoxy) is 1. The second kappa shape index (κ2) is 6.49. The van der Waals surface area contributed by atoms with Crippen LogP contribution < -0.4 is 11.3 Å². The highest BCUT2D eigenvalue weighted by atomic mass is 16.5. The Morgan fingerprint density at radius 3 is 2.35 bits per heavy atom. The highest BCUT2D eigenvalue weighted by Gasteiger charge is 2.12. The Kier molecular flexibility index (Phi) is 4.47. The molecule has 2 aromatic rings. The minimum Gasteiger partial charge on any atom is -0.457 e. The molecule has 0 saturated heterocycles. The molecule has 1 amide bonds. The lowest BCUT2D eigenvalue weighted by Crippen LogP contribution is -2.30. The van der Waals surface area contributed by atoms with Crippen LogP contribution in [-0.2, 0) is 11.3 Å². The number of hydrogen-bond acceptors (Lipinski definition) is 4. The number of hydrogen-bond donors (Lipinski definition) is 2. The van der Waals surface area contributed by atoms with Gasteiger partial charge in [0.25, 0.3) is 5.91 Å². The number of esters is 1. The molecule has 0 unspecified atom stereocenters. The molecule has 0 fully saturated rings. The highest BCUT2D eigenvalue weighted by molar-refractivity contribution is 5.95. The summed E-state index contributed by atoms with van der Waals surface area (Å²) in [6, 6.07) is 15.5. The quantitative estimate of drug-likeness (QED) is 0.383. The number of nitrogens with two attached hydrogens (primary N) is 1. The third kappa shape index (κ3) is 3.21. The number of carbonyl (C=O) groups excluding carboxylic acids is 2. The first-order valence-corrected chi connectivity index (χ1v) is 6.03. The first kappa shape index (κ1) is 13.8. The van der Waals surface area contributed by atoms with E-state index < -0.39 is 11.9 Å². The summed E-state index contributed by atoms with van der Waals surface area (Å²) in [5.74, 6) is 4.26. The molecule has 0 heterocycles. The van der Waals surface area contributed by atoms with Gasteiger partial charge in [-0.3, -0.25) is 10.2 Å². The van der Waals surface area contributed by atoms with Crippen molar-refractivity contribution < 1.29 is 14.3 Å². The molecule has 5 nitrogen and oxygen atoms in total. The lowest BCUT2D eigenvalue weighted by Gasteiger charge is -2.09. The van der Waals surface area contributed by atoms with Gasteiger partial charge in [-0.15, -0.1) is 0 Å². The van der Waals surface area contributed by atoms with Gasteiger partial charge in [0.15, 0.2) is 0 Å². The lowest BCUT2D eigenvalue weighted by molar-refractivity contribution is 0.0470. The van der Waals surface area contributed by atoms with Gasteiger partial charge in [0.05, 0.1) is 5.56 Å². The van der Waals surface area contributed by atoms with E-state index in [1.54, 1.807) is 48.5 Å². The maximum atomic E-state index is 11.8. The molecule has 0 bridgehead atoms. The minimum atomic E-state index is -0.437. The minimum absolute atomic E-state index is 0.0112. The number of hydrazine groups is 1. The van der Waals surface area contributed by atoms with Crippen LogP contribution in [0.1, 0.15) is 26.3 Å². The summed E-state index contributed by atoms with van der Waals surface area (Å²) in [5.41, 5.74) is 3.51. The zero-order valence-corrected chi connectivity index (χ0v) is 10.7. The molecule has 20 heavy (non-hydrogen) atoms. The Bertz CT molecular complexity index is 612. The summed E-state index contributed by atoms with van der Waals surface area (Å²) in [6.07, 6.45) is 0. The molecule has 0 atom stereocenters. The van der Waals surface area contributed by atoms with E-state index in [0.717, 1.165) is 0 Å². The first-order chi connectivity index (χ1) is 9.72. The van der Waals surface area contributed by atoms with Crippen molar-refractivity contribution in [3.63, 3.8) is 0 Å². The highest BCUT2D eigenvalue weighted by Crippen LogP contribution is 2.11. The third-order valence-electron chi connectivity index (χ3n) is 2.76. The van der Waals surface area contributed by atoms with E-state index in [9.17, 15) is 9.59 Å². The van der Waals surface area contributed by atoms with E-state index in [0.29, 0.717) is 16.7 Å². The molecule has 0 radical (unpaired) electrons. The standard InChI is InChI=1S/C15H14N2O3/c16-17-14(18)13-9-5-4-8-12(13)10-20-15(19)11-6-2-1-3-7-11/h1-9H,10,16H2,(H,17,18). The maximum absolute atomic E-state index is 11.8. The van der Waals surface area contributed by atoms with Crippen molar-refractivity contribution in [1.29, 1.82) is 0 Å². The number of amides is 1. The number of nitrogen functional groups attached to an aromatic ring is 1. The van der Waals surface area contributed by atoms with Crippen molar-refractivity contribution in [3.8, 4) is 0 Å². The molecule has 3 N–H and O–H groups in total. The Hall–Kier alpha value is -2.66. The van der Waals surface area contributed by atoms with Gasteiger partial charge in [-0.1, -0.05) is 36.4 Å². The molecule has 2 aromatic carbocycles. The zero-order valence-electron chi connectivity index (χ0n) is 10.7. The second-order valence-electron chi connectivity index (χ2n) is 4.07. The lowest BCUT2D eigenvalue weighted by atomic mass is 10.1. The Morgan fingerprint density at radius 2 is 1.65 bits per heavy atom. The fourth-order valence-electron chi connectivity index (χ4n) is 1.75. The molecule has 0 aromatic heterocycles. The van der Waals surface area contributed by atoms with Crippen LogP contribution >= 0.6 is 0 Å². The van der Waals surface area contributed by atoms with E-state index >= 15 is 0 Å². The largest absolute Gasteiger partial charge is 0.457 e. The molecular weight excluding hydrogens is 256 g/mol. The van der Waals surface area contributed by atoms with Crippen molar-refractivity contribution in [2.45, 2.75) is 6.61 Å². The van der Waals surface area contributed by atoms with E-state index in [2.05, 4.69) is 5.43 Å². The Morgan fingerprint density at radius 1 is 1.00 bits per heavy atom. The summed E-state index contributed by atoms with van der Waals surface area (Å²) >= 11 is 0. The summed E-state index contributed by atoms with van der Waals surface area (Å²) in [6.45, 7) is 0.0112. The van der Waals surface area contributed by atoms with Crippen LogP contribution in [0.4, 0.5) is 0 Å². The number of nitrogens with one attached hydrogen (secondary N) is 1. The average Bonchev–Trinajstić information content (AvgIpc) is 2.53. The van der Waals surface area contributed by atoms with E-state index in [1.165, 1.54) is 0 Å². The molecule has 0 aliphatic rings. The van der Waals surface area contributed by atoms with Gasteiger partial charge >= 0.3 is 5.97 Å². The van der Waals surface area contributed by atoms with Crippen LogP contribution in [-0.4, -0.2) is 11.9 Å². The van der Waals surface area contributed by atoms with Crippen LogP contribution in [0.25, 0.3) is 0 Å². The van der Waals surface area contributed by atoms with Crippen molar-refractivity contribution in [3.05, 3.63) is 71.3 Å². The molecule has 0 aliphatic heterocycles. The molecule has 102 valence electrons. The monoisotopic (exact) mass is 270 g/mol. The van der Waals surface area contributed by atoms with Crippen LogP contribution in [0.3, 0.4) is 0 Å². The maximum Gasteiger partial charge on any atom is 0.338 e. The first-order valence-electron chi connectivity index (χ1n) is 6.03. The van der Waals surface area contributed by atoms with Gasteiger partial charge in [0.2, 0.25) is 0 Å². The molecule has 2 rings (SSSR count). The van der Waals surface area contributed by atoms with Gasteiger partial charge in [-0.25, -0.2) is 10.6 Å². The number of benzene rings is 2. The fourth-order valence-corrected chi connectivity index (χ4v) is 1.75. The molecule has 0 aliphatic carbocycles. The summed E-state index contributed by atoms with van der Waals surface area (Å²) in [4.78, 5) is 23.4. The van der Waals surface area contributed by atoms with E-state index in [4.69, 9.17) is 10.6 Å². The SMILES string of the molecule is NNC(=O)c1ccccc1COC(=O)c1ccccc1. The molecular formula is C15H14N2O3. The predicted molar refractivity (Wildman–Crippen MR) is 73.7 cm³/mol. The van der Waals surface area contributed by atoms with Crippen LogP contribution in [0.15, 0.2) is 54.6 Å². The van der Waals surface area contributed by atoms with Crippen molar-refractivity contribution >= 4 is 11.9 Å². The summed E-state index contributed by atoms with van der Waals surface area (Å²) in [7, 11) is 0. The summed E-state index contributed by atoms with van der Waals surface area (Å²) in [5, 5.41) is 0. The molecule has 0 saturated carbocycles. The van der Waals surface area contributed by atoms with Crippen molar-refractivity contribution in [2.24, 2.45) is 5.84 Å². The second-order valence-corrected chi connectivity index (χ2v) is 4.07. The fraction of sp³-hybridized carbons (Fsp3) is 0.0667. The zero-order chi connectivity index (χ0) is 14.4. The van der Waals surface area contributed by atoms with Crippen LogP contribution in [0, 0.1) is 0 Å². The van der Waals surface area contributed by atoms with Gasteiger partial charge in [-0.05, 0) is 18.2 Å². The number of rotatable bonds is 4. The van der Waals surface area contributed by atoms with E-state index in [1.807, 2.05) is 6.07 Å².